The lowest BCUT2D eigenvalue weighted by Gasteiger charge is -2.10. The summed E-state index contributed by atoms with van der Waals surface area (Å²) in [5.74, 6) is 1.16. The van der Waals surface area contributed by atoms with Crippen LogP contribution in [0.15, 0.2) is 54.7 Å². The molecule has 0 aliphatic carbocycles. The van der Waals surface area contributed by atoms with E-state index in [0.717, 1.165) is 16.5 Å². The van der Waals surface area contributed by atoms with Gasteiger partial charge in [0.2, 0.25) is 5.95 Å². The van der Waals surface area contributed by atoms with Crippen LogP contribution in [0, 0.1) is 0 Å². The maximum atomic E-state index is 12.8. The number of rotatable bonds is 5. The third-order valence-electron chi connectivity index (χ3n) is 4.64. The number of benzene rings is 2. The van der Waals surface area contributed by atoms with E-state index in [2.05, 4.69) is 38.9 Å². The predicted octanol–water partition coefficient (Wildman–Crippen LogP) is 4.27. The number of nitrogens with one attached hydrogen (secondary N) is 2. The highest BCUT2D eigenvalue weighted by molar-refractivity contribution is 6.12. The molecule has 7 nitrogen and oxygen atoms in total. The maximum absolute atomic E-state index is 12.8. The Hall–Kier alpha value is -3.61. The number of para-hydroxylation sites is 1. The number of anilines is 1. The predicted molar refractivity (Wildman–Crippen MR) is 109 cm³/mol. The maximum Gasteiger partial charge on any atom is 0.258 e. The van der Waals surface area contributed by atoms with Crippen LogP contribution in [-0.4, -0.2) is 32.8 Å². The van der Waals surface area contributed by atoms with Crippen LogP contribution in [0.1, 0.15) is 30.2 Å². The lowest BCUT2D eigenvalue weighted by atomic mass is 10.1. The number of H-pyrrole nitrogens is 1. The van der Waals surface area contributed by atoms with Crippen LogP contribution in [0.4, 0.5) is 5.95 Å². The molecule has 0 spiro atoms. The molecule has 2 aromatic carbocycles. The van der Waals surface area contributed by atoms with Gasteiger partial charge >= 0.3 is 0 Å². The highest BCUT2D eigenvalue weighted by Gasteiger charge is 2.16. The standard InChI is InChI=1S/C21H21N5O2/c1-13(2)26-12-11-14-15(8-6-9-17(14)26)20(27)23-21-22-19(24-25-21)16-7-4-5-10-18(16)28-3/h4-13H,1-3H3,(H2,22,23,24,25,27). The lowest BCUT2D eigenvalue weighted by Crippen LogP contribution is -2.13. The van der Waals surface area contributed by atoms with Gasteiger partial charge in [0.05, 0.1) is 12.7 Å². The van der Waals surface area contributed by atoms with E-state index < -0.39 is 0 Å². The van der Waals surface area contributed by atoms with Crippen LogP contribution in [0.3, 0.4) is 0 Å². The third kappa shape index (κ3) is 3.11. The highest BCUT2D eigenvalue weighted by atomic mass is 16.5. The van der Waals surface area contributed by atoms with E-state index in [1.807, 2.05) is 48.7 Å². The molecular formula is C21H21N5O2. The minimum atomic E-state index is -0.252. The van der Waals surface area contributed by atoms with Gasteiger partial charge in [-0.3, -0.25) is 15.2 Å². The smallest absolute Gasteiger partial charge is 0.258 e. The molecule has 142 valence electrons. The Morgan fingerprint density at radius 2 is 1.96 bits per heavy atom. The van der Waals surface area contributed by atoms with E-state index in [0.29, 0.717) is 23.2 Å². The Labute approximate surface area is 162 Å². The second kappa shape index (κ2) is 7.19. The summed E-state index contributed by atoms with van der Waals surface area (Å²) in [5, 5.41) is 10.6. The molecule has 0 radical (unpaired) electrons. The van der Waals surface area contributed by atoms with E-state index in [1.54, 1.807) is 13.2 Å². The average molecular weight is 375 g/mol. The Morgan fingerprint density at radius 1 is 1.14 bits per heavy atom. The zero-order valence-corrected chi connectivity index (χ0v) is 15.9. The first-order valence-corrected chi connectivity index (χ1v) is 9.05. The second-order valence-electron chi connectivity index (χ2n) is 6.72. The minimum absolute atomic E-state index is 0.214. The van der Waals surface area contributed by atoms with E-state index >= 15 is 0 Å². The van der Waals surface area contributed by atoms with E-state index in [4.69, 9.17) is 4.74 Å². The van der Waals surface area contributed by atoms with Gasteiger partial charge in [0.15, 0.2) is 5.82 Å². The van der Waals surface area contributed by atoms with Gasteiger partial charge < -0.3 is 9.30 Å². The lowest BCUT2D eigenvalue weighted by molar-refractivity contribution is 0.102. The van der Waals surface area contributed by atoms with Crippen molar-refractivity contribution >= 4 is 22.8 Å². The van der Waals surface area contributed by atoms with Crippen molar-refractivity contribution in [3.8, 4) is 17.1 Å². The summed E-state index contributed by atoms with van der Waals surface area (Å²) in [6, 6.07) is 15.5. The third-order valence-corrected chi connectivity index (χ3v) is 4.64. The molecule has 2 heterocycles. The van der Waals surface area contributed by atoms with Gasteiger partial charge in [0.1, 0.15) is 5.75 Å². The molecule has 4 aromatic rings. The van der Waals surface area contributed by atoms with Crippen molar-refractivity contribution in [3.63, 3.8) is 0 Å². The Balaban J connectivity index is 1.62. The van der Waals surface area contributed by atoms with E-state index in [9.17, 15) is 4.79 Å². The second-order valence-corrected chi connectivity index (χ2v) is 6.72. The van der Waals surface area contributed by atoms with Gasteiger partial charge in [0.25, 0.3) is 5.91 Å². The number of fused-ring (bicyclic) bond motifs is 1. The van der Waals surface area contributed by atoms with E-state index in [-0.39, 0.29) is 11.9 Å². The van der Waals surface area contributed by atoms with E-state index in [1.165, 1.54) is 0 Å². The van der Waals surface area contributed by atoms with Gasteiger partial charge in [-0.1, -0.05) is 18.2 Å². The monoisotopic (exact) mass is 375 g/mol. The SMILES string of the molecule is COc1ccccc1-c1nc(NC(=O)c2cccc3c2ccn3C(C)C)n[nH]1. The number of aromatic nitrogens is 4. The number of hydrogen-bond acceptors (Lipinski definition) is 4. The van der Waals surface area contributed by atoms with Gasteiger partial charge in [0, 0.05) is 28.7 Å². The number of nitrogens with zero attached hydrogens (tertiary/aromatic N) is 3. The summed E-state index contributed by atoms with van der Waals surface area (Å²) in [4.78, 5) is 17.2. The van der Waals surface area contributed by atoms with Crippen molar-refractivity contribution in [2.24, 2.45) is 0 Å². The molecular weight excluding hydrogens is 354 g/mol. The van der Waals surface area contributed by atoms with Crippen molar-refractivity contribution in [1.82, 2.24) is 19.7 Å². The van der Waals surface area contributed by atoms with Crippen LogP contribution >= 0.6 is 0 Å². The molecule has 2 aromatic heterocycles. The first kappa shape index (κ1) is 17.8. The fraction of sp³-hybridized carbons (Fsp3) is 0.190. The molecule has 0 saturated heterocycles. The molecule has 4 rings (SSSR count). The summed E-state index contributed by atoms with van der Waals surface area (Å²) >= 11 is 0. The van der Waals surface area contributed by atoms with Crippen LogP contribution in [0.5, 0.6) is 5.75 Å². The van der Waals surface area contributed by atoms with Crippen LogP contribution in [0.25, 0.3) is 22.3 Å². The Morgan fingerprint density at radius 3 is 2.75 bits per heavy atom. The molecule has 0 aliphatic heterocycles. The molecule has 0 fully saturated rings. The van der Waals surface area contributed by atoms with Gasteiger partial charge in [-0.25, -0.2) is 0 Å². The topological polar surface area (TPSA) is 84.8 Å². The first-order valence-electron chi connectivity index (χ1n) is 9.05. The number of ether oxygens (including phenoxy) is 1. The molecule has 0 unspecified atom stereocenters. The quantitative estimate of drug-likeness (QED) is 0.546. The van der Waals surface area contributed by atoms with Gasteiger partial charge in [-0.05, 0) is 44.2 Å². The fourth-order valence-corrected chi connectivity index (χ4v) is 3.28. The number of amides is 1. The average Bonchev–Trinajstić information content (AvgIpc) is 3.34. The zero-order valence-electron chi connectivity index (χ0n) is 15.9. The first-order chi connectivity index (χ1) is 13.6. The van der Waals surface area contributed by atoms with Gasteiger partial charge in [-0.15, -0.1) is 5.10 Å². The summed E-state index contributed by atoms with van der Waals surface area (Å²) < 4.78 is 7.49. The summed E-state index contributed by atoms with van der Waals surface area (Å²) in [5.41, 5.74) is 2.38. The number of aromatic amines is 1. The molecule has 2 N–H and O–H groups in total. The largest absolute Gasteiger partial charge is 0.496 e. The van der Waals surface area contributed by atoms with Crippen LogP contribution in [0.2, 0.25) is 0 Å². The van der Waals surface area contributed by atoms with Crippen molar-refractivity contribution in [2.45, 2.75) is 19.9 Å². The molecule has 0 bridgehead atoms. The molecule has 28 heavy (non-hydrogen) atoms. The summed E-state index contributed by atoms with van der Waals surface area (Å²) in [7, 11) is 1.60. The zero-order chi connectivity index (χ0) is 19.7. The van der Waals surface area contributed by atoms with Crippen molar-refractivity contribution in [2.75, 3.05) is 12.4 Å². The van der Waals surface area contributed by atoms with Crippen molar-refractivity contribution in [1.29, 1.82) is 0 Å². The Bertz CT molecular complexity index is 1140. The highest BCUT2D eigenvalue weighted by Crippen LogP contribution is 2.27. The summed E-state index contributed by atoms with van der Waals surface area (Å²) in [6.07, 6.45) is 2.00. The van der Waals surface area contributed by atoms with Crippen molar-refractivity contribution < 1.29 is 9.53 Å². The molecule has 0 aliphatic rings. The minimum Gasteiger partial charge on any atom is -0.496 e. The normalized spacial score (nSPS) is 11.1. The number of hydrogen-bond donors (Lipinski definition) is 2. The molecule has 7 heteroatoms. The fourth-order valence-electron chi connectivity index (χ4n) is 3.28. The number of carbonyl (C=O) groups excluding carboxylic acids is 1. The molecule has 0 atom stereocenters. The number of carbonyl (C=O) groups is 1. The Kier molecular flexibility index (Phi) is 4.57. The van der Waals surface area contributed by atoms with Crippen LogP contribution < -0.4 is 10.1 Å². The van der Waals surface area contributed by atoms with Crippen LogP contribution in [-0.2, 0) is 0 Å². The van der Waals surface area contributed by atoms with Crippen molar-refractivity contribution in [3.05, 3.63) is 60.3 Å². The number of methoxy groups -OCH3 is 1. The van der Waals surface area contributed by atoms with Gasteiger partial charge in [-0.2, -0.15) is 4.98 Å². The summed E-state index contributed by atoms with van der Waals surface area (Å²) in [6.45, 7) is 4.22. The molecule has 0 saturated carbocycles. The molecule has 1 amide bonds.